The Hall–Kier alpha value is -0.990. The quantitative estimate of drug-likeness (QED) is 0.592. The molecule has 1 aromatic heterocycles. The zero-order chi connectivity index (χ0) is 6.85. The molecule has 0 aromatic carbocycles. The van der Waals surface area contributed by atoms with Gasteiger partial charge < -0.3 is 0 Å². The highest BCUT2D eigenvalue weighted by Gasteiger charge is 1.93. The molecule has 1 rings (SSSR count). The molecule has 0 unspecified atom stereocenters. The normalized spacial score (nSPS) is 10.6. The van der Waals surface area contributed by atoms with Gasteiger partial charge in [0, 0.05) is 18.3 Å². The lowest BCUT2D eigenvalue weighted by Gasteiger charge is -2.03. The van der Waals surface area contributed by atoms with Gasteiger partial charge >= 0.3 is 0 Å². The third-order valence-corrected chi connectivity index (χ3v) is 1.18. The summed E-state index contributed by atoms with van der Waals surface area (Å²) >= 11 is 0. The first-order valence-corrected chi connectivity index (χ1v) is 2.97. The number of hydrogen-bond acceptors (Lipinski definition) is 1. The molecular formula is C6H10N2O. The first-order chi connectivity index (χ1) is 4.20. The predicted octanol–water partition coefficient (Wildman–Crippen LogP) is 0.757. The molecule has 0 aliphatic rings. The van der Waals surface area contributed by atoms with Crippen LogP contribution in [0.3, 0.4) is 0 Å². The lowest BCUT2D eigenvalue weighted by molar-refractivity contribution is 0.528. The van der Waals surface area contributed by atoms with Gasteiger partial charge in [0.2, 0.25) is 0 Å². The minimum absolute atomic E-state index is 0.0382. The van der Waals surface area contributed by atoms with Crippen molar-refractivity contribution in [3.8, 4) is 0 Å². The molecule has 3 heteroatoms. The Morgan fingerprint density at radius 2 is 2.33 bits per heavy atom. The Morgan fingerprint density at radius 3 is 2.56 bits per heavy atom. The standard InChI is InChI=1S/C6H10N2O/c1-5(2)8-4-3-6(9)7-8/h3-5H,1-2H3,(H,7,9). The second kappa shape index (κ2) is 2.09. The van der Waals surface area contributed by atoms with E-state index in [9.17, 15) is 4.79 Å². The molecule has 50 valence electrons. The summed E-state index contributed by atoms with van der Waals surface area (Å²) in [6.07, 6.45) is 1.74. The Labute approximate surface area is 53.3 Å². The smallest absolute Gasteiger partial charge is 0.264 e. The molecular weight excluding hydrogens is 116 g/mol. The molecule has 0 fully saturated rings. The van der Waals surface area contributed by atoms with E-state index in [0.717, 1.165) is 0 Å². The summed E-state index contributed by atoms with van der Waals surface area (Å²) < 4.78 is 1.77. The van der Waals surface area contributed by atoms with Crippen LogP contribution in [0.25, 0.3) is 0 Å². The third-order valence-electron chi connectivity index (χ3n) is 1.18. The first kappa shape index (κ1) is 6.13. The largest absolute Gasteiger partial charge is 0.290 e. The fourth-order valence-electron chi connectivity index (χ4n) is 0.651. The van der Waals surface area contributed by atoms with Crippen LogP contribution in [0.1, 0.15) is 19.9 Å². The SMILES string of the molecule is CC(C)n1ccc(=O)[nH]1. The van der Waals surface area contributed by atoms with Gasteiger partial charge in [0.15, 0.2) is 0 Å². The third kappa shape index (κ3) is 1.22. The van der Waals surface area contributed by atoms with E-state index in [4.69, 9.17) is 0 Å². The highest BCUT2D eigenvalue weighted by atomic mass is 16.1. The van der Waals surface area contributed by atoms with Crippen LogP contribution in [0.4, 0.5) is 0 Å². The summed E-state index contributed by atoms with van der Waals surface area (Å²) in [6, 6.07) is 1.85. The molecule has 3 nitrogen and oxygen atoms in total. The van der Waals surface area contributed by atoms with Crippen molar-refractivity contribution in [1.29, 1.82) is 0 Å². The molecule has 0 bridgehead atoms. The number of aromatic nitrogens is 2. The summed E-state index contributed by atoms with van der Waals surface area (Å²) in [5.41, 5.74) is -0.0382. The van der Waals surface area contributed by atoms with Crippen LogP contribution in [-0.4, -0.2) is 9.78 Å². The summed E-state index contributed by atoms with van der Waals surface area (Å²) in [7, 11) is 0. The number of aromatic amines is 1. The van der Waals surface area contributed by atoms with Crippen molar-refractivity contribution in [3.05, 3.63) is 22.6 Å². The molecule has 0 atom stereocenters. The van der Waals surface area contributed by atoms with Crippen LogP contribution in [-0.2, 0) is 0 Å². The van der Waals surface area contributed by atoms with E-state index in [-0.39, 0.29) is 5.56 Å². The van der Waals surface area contributed by atoms with Gasteiger partial charge in [0.05, 0.1) is 0 Å². The molecule has 1 aromatic rings. The van der Waals surface area contributed by atoms with E-state index >= 15 is 0 Å². The van der Waals surface area contributed by atoms with Gasteiger partial charge in [-0.15, -0.1) is 0 Å². The van der Waals surface area contributed by atoms with Crippen LogP contribution in [0.2, 0.25) is 0 Å². The van der Waals surface area contributed by atoms with Crippen molar-refractivity contribution in [1.82, 2.24) is 9.78 Å². The summed E-state index contributed by atoms with van der Waals surface area (Å²) in [6.45, 7) is 4.02. The maximum absolute atomic E-state index is 10.5. The summed E-state index contributed by atoms with van der Waals surface area (Å²) in [5.74, 6) is 0. The van der Waals surface area contributed by atoms with Gasteiger partial charge in [-0.2, -0.15) is 0 Å². The fourth-order valence-corrected chi connectivity index (χ4v) is 0.651. The highest BCUT2D eigenvalue weighted by molar-refractivity contribution is 4.80. The molecule has 0 radical (unpaired) electrons. The van der Waals surface area contributed by atoms with Crippen LogP contribution < -0.4 is 5.56 Å². The first-order valence-electron chi connectivity index (χ1n) is 2.97. The topological polar surface area (TPSA) is 37.8 Å². The number of hydrogen-bond donors (Lipinski definition) is 1. The van der Waals surface area contributed by atoms with Gasteiger partial charge in [-0.05, 0) is 13.8 Å². The Balaban J connectivity index is 2.98. The van der Waals surface area contributed by atoms with E-state index in [2.05, 4.69) is 5.10 Å². The van der Waals surface area contributed by atoms with Crippen LogP contribution in [0.5, 0.6) is 0 Å². The van der Waals surface area contributed by atoms with Gasteiger partial charge in [-0.1, -0.05) is 0 Å². The van der Waals surface area contributed by atoms with Gasteiger partial charge in [-0.3, -0.25) is 14.6 Å². The van der Waals surface area contributed by atoms with E-state index in [1.54, 1.807) is 10.9 Å². The molecule has 9 heavy (non-hydrogen) atoms. The van der Waals surface area contributed by atoms with E-state index in [1.165, 1.54) is 6.07 Å². The van der Waals surface area contributed by atoms with Crippen molar-refractivity contribution >= 4 is 0 Å². The molecule has 0 spiro atoms. The van der Waals surface area contributed by atoms with E-state index in [1.807, 2.05) is 13.8 Å². The maximum Gasteiger partial charge on any atom is 0.264 e. The van der Waals surface area contributed by atoms with Crippen LogP contribution >= 0.6 is 0 Å². The van der Waals surface area contributed by atoms with Crippen molar-refractivity contribution < 1.29 is 0 Å². The van der Waals surface area contributed by atoms with Gasteiger partial charge in [0.1, 0.15) is 0 Å². The zero-order valence-corrected chi connectivity index (χ0v) is 5.59. The molecule has 0 amide bonds. The van der Waals surface area contributed by atoms with Crippen molar-refractivity contribution in [3.63, 3.8) is 0 Å². The molecule has 0 aliphatic heterocycles. The summed E-state index contributed by atoms with van der Waals surface area (Å²) in [4.78, 5) is 10.5. The molecule has 1 heterocycles. The van der Waals surface area contributed by atoms with Crippen molar-refractivity contribution in [2.24, 2.45) is 0 Å². The lowest BCUT2D eigenvalue weighted by atomic mass is 10.4. The van der Waals surface area contributed by atoms with E-state index in [0.29, 0.717) is 6.04 Å². The number of rotatable bonds is 1. The molecule has 0 saturated carbocycles. The average Bonchev–Trinajstić information content (AvgIpc) is 2.14. The van der Waals surface area contributed by atoms with Gasteiger partial charge in [-0.25, -0.2) is 0 Å². The maximum atomic E-state index is 10.5. The Morgan fingerprint density at radius 1 is 1.67 bits per heavy atom. The van der Waals surface area contributed by atoms with Crippen molar-refractivity contribution in [2.75, 3.05) is 0 Å². The minimum atomic E-state index is -0.0382. The monoisotopic (exact) mass is 126 g/mol. The number of nitrogens with one attached hydrogen (secondary N) is 1. The predicted molar refractivity (Wildman–Crippen MR) is 35.4 cm³/mol. The average molecular weight is 126 g/mol. The van der Waals surface area contributed by atoms with Crippen molar-refractivity contribution in [2.45, 2.75) is 19.9 Å². The van der Waals surface area contributed by atoms with E-state index < -0.39 is 0 Å². The summed E-state index contributed by atoms with van der Waals surface area (Å²) in [5, 5.41) is 2.64. The van der Waals surface area contributed by atoms with Crippen LogP contribution in [0, 0.1) is 0 Å². The molecule has 1 N–H and O–H groups in total. The fraction of sp³-hybridized carbons (Fsp3) is 0.500. The number of H-pyrrole nitrogens is 1. The minimum Gasteiger partial charge on any atom is -0.290 e. The Kier molecular flexibility index (Phi) is 1.42. The lowest BCUT2D eigenvalue weighted by Crippen LogP contribution is -2.06. The molecule has 0 aliphatic carbocycles. The Bertz CT molecular complexity index is 233. The number of nitrogens with zero attached hydrogens (tertiary/aromatic N) is 1. The second-order valence-electron chi connectivity index (χ2n) is 2.29. The van der Waals surface area contributed by atoms with Gasteiger partial charge in [0.25, 0.3) is 5.56 Å². The highest BCUT2D eigenvalue weighted by Crippen LogP contribution is 1.96. The second-order valence-corrected chi connectivity index (χ2v) is 2.29. The zero-order valence-electron chi connectivity index (χ0n) is 5.59. The van der Waals surface area contributed by atoms with Crippen LogP contribution in [0.15, 0.2) is 17.1 Å². The molecule has 0 saturated heterocycles.